The van der Waals surface area contributed by atoms with Crippen LogP contribution >= 0.6 is 15.9 Å². The lowest BCUT2D eigenvalue weighted by Gasteiger charge is -2.14. The molecule has 1 aromatic heterocycles. The Bertz CT molecular complexity index is 240. The molecule has 0 bridgehead atoms. The van der Waals surface area contributed by atoms with Crippen molar-refractivity contribution >= 4 is 15.9 Å². The highest BCUT2D eigenvalue weighted by molar-refractivity contribution is 9.10. The Balaban J connectivity index is 2.99. The van der Waals surface area contributed by atoms with Gasteiger partial charge in [-0.3, -0.25) is 0 Å². The molecule has 3 nitrogen and oxygen atoms in total. The Morgan fingerprint density at radius 2 is 1.82 bits per heavy atom. The smallest absolute Gasteiger partial charge is 0.159 e. The maximum absolute atomic E-state index is 9.44. The van der Waals surface area contributed by atoms with Crippen LogP contribution in [-0.2, 0) is 5.60 Å². The van der Waals surface area contributed by atoms with Crippen molar-refractivity contribution in [2.24, 2.45) is 0 Å². The summed E-state index contributed by atoms with van der Waals surface area (Å²) in [5.41, 5.74) is -0.958. The van der Waals surface area contributed by atoms with Crippen LogP contribution in [0.25, 0.3) is 0 Å². The lowest BCUT2D eigenvalue weighted by atomic mass is 10.1. The summed E-state index contributed by atoms with van der Waals surface area (Å²) in [4.78, 5) is 7.88. The second kappa shape index (κ2) is 2.87. The molecule has 0 aliphatic heterocycles. The number of aliphatic hydroxyl groups is 1. The molecule has 4 heteroatoms. The van der Waals surface area contributed by atoms with Crippen molar-refractivity contribution in [1.29, 1.82) is 0 Å². The van der Waals surface area contributed by atoms with Gasteiger partial charge in [-0.2, -0.15) is 0 Å². The quantitative estimate of drug-likeness (QED) is 0.774. The molecule has 1 rings (SSSR count). The molecule has 0 atom stereocenters. The first-order chi connectivity index (χ1) is 5.00. The minimum atomic E-state index is -0.958. The highest BCUT2D eigenvalue weighted by Gasteiger charge is 2.18. The summed E-state index contributed by atoms with van der Waals surface area (Å²) in [6, 6.07) is 0. The number of hydrogen-bond acceptors (Lipinski definition) is 3. The zero-order chi connectivity index (χ0) is 8.48. The number of halogens is 1. The Kier molecular flexibility index (Phi) is 2.25. The summed E-state index contributed by atoms with van der Waals surface area (Å²) >= 11 is 3.21. The van der Waals surface area contributed by atoms with Crippen LogP contribution in [0.4, 0.5) is 0 Å². The van der Waals surface area contributed by atoms with Crippen molar-refractivity contribution < 1.29 is 5.11 Å². The van der Waals surface area contributed by atoms with Crippen molar-refractivity contribution in [2.75, 3.05) is 0 Å². The van der Waals surface area contributed by atoms with E-state index >= 15 is 0 Å². The average Bonchev–Trinajstić information content (AvgIpc) is 1.86. The van der Waals surface area contributed by atoms with Gasteiger partial charge >= 0.3 is 0 Å². The third-order valence-corrected chi connectivity index (χ3v) is 1.58. The zero-order valence-electron chi connectivity index (χ0n) is 6.37. The van der Waals surface area contributed by atoms with Gasteiger partial charge in [0.25, 0.3) is 0 Å². The molecular weight excluding hydrogens is 208 g/mol. The minimum absolute atomic E-state index is 0.431. The Labute approximate surface area is 73.6 Å². The monoisotopic (exact) mass is 216 g/mol. The Morgan fingerprint density at radius 1 is 1.36 bits per heavy atom. The van der Waals surface area contributed by atoms with E-state index in [1.807, 2.05) is 0 Å². The van der Waals surface area contributed by atoms with E-state index in [2.05, 4.69) is 25.9 Å². The first-order valence-corrected chi connectivity index (χ1v) is 4.00. The predicted molar refractivity (Wildman–Crippen MR) is 45.0 cm³/mol. The van der Waals surface area contributed by atoms with E-state index in [9.17, 15) is 5.11 Å². The summed E-state index contributed by atoms with van der Waals surface area (Å²) in [7, 11) is 0. The van der Waals surface area contributed by atoms with Gasteiger partial charge in [-0.05, 0) is 29.8 Å². The highest BCUT2D eigenvalue weighted by Crippen LogP contribution is 2.15. The summed E-state index contributed by atoms with van der Waals surface area (Å²) in [5, 5.41) is 9.44. The molecule has 1 N–H and O–H groups in total. The predicted octanol–water partition coefficient (Wildman–Crippen LogP) is 1.47. The molecule has 0 fully saturated rings. The molecule has 60 valence electrons. The van der Waals surface area contributed by atoms with E-state index in [4.69, 9.17) is 0 Å². The fourth-order valence-electron chi connectivity index (χ4n) is 0.628. The van der Waals surface area contributed by atoms with Crippen LogP contribution < -0.4 is 0 Å². The molecule has 0 radical (unpaired) electrons. The average molecular weight is 217 g/mol. The van der Waals surface area contributed by atoms with Gasteiger partial charge < -0.3 is 5.11 Å². The summed E-state index contributed by atoms with van der Waals surface area (Å²) in [5.74, 6) is 0.431. The van der Waals surface area contributed by atoms with Crippen LogP contribution in [0.15, 0.2) is 16.9 Å². The number of rotatable bonds is 1. The van der Waals surface area contributed by atoms with Crippen molar-refractivity contribution in [3.05, 3.63) is 22.7 Å². The van der Waals surface area contributed by atoms with E-state index in [-0.39, 0.29) is 0 Å². The first kappa shape index (κ1) is 8.62. The molecule has 0 spiro atoms. The van der Waals surface area contributed by atoms with Gasteiger partial charge in [0, 0.05) is 12.4 Å². The molecule has 0 saturated carbocycles. The fourth-order valence-corrected chi connectivity index (χ4v) is 0.833. The molecule has 1 heterocycles. The molecule has 0 saturated heterocycles. The zero-order valence-corrected chi connectivity index (χ0v) is 7.96. The maximum atomic E-state index is 9.44. The van der Waals surface area contributed by atoms with Gasteiger partial charge in [-0.25, -0.2) is 9.97 Å². The topological polar surface area (TPSA) is 46.0 Å². The Hall–Kier alpha value is -0.480. The standard InChI is InChI=1S/C7H9BrN2O/c1-7(2,11)6-9-3-5(8)4-10-6/h3-4,11H,1-2H3. The van der Waals surface area contributed by atoms with Gasteiger partial charge in [0.2, 0.25) is 0 Å². The molecule has 0 aliphatic rings. The fraction of sp³-hybridized carbons (Fsp3) is 0.429. The second-order valence-corrected chi connectivity index (χ2v) is 3.70. The van der Waals surface area contributed by atoms with Crippen LogP contribution in [0.5, 0.6) is 0 Å². The van der Waals surface area contributed by atoms with Gasteiger partial charge in [-0.15, -0.1) is 0 Å². The van der Waals surface area contributed by atoms with Crippen molar-refractivity contribution in [3.63, 3.8) is 0 Å². The van der Waals surface area contributed by atoms with E-state index in [0.29, 0.717) is 5.82 Å². The molecule has 0 amide bonds. The van der Waals surface area contributed by atoms with Crippen molar-refractivity contribution in [1.82, 2.24) is 9.97 Å². The van der Waals surface area contributed by atoms with E-state index in [0.717, 1.165) is 4.47 Å². The second-order valence-electron chi connectivity index (χ2n) is 2.78. The number of nitrogens with zero attached hydrogens (tertiary/aromatic N) is 2. The molecular formula is C7H9BrN2O. The van der Waals surface area contributed by atoms with Crippen LogP contribution in [0.1, 0.15) is 19.7 Å². The summed E-state index contributed by atoms with van der Waals surface area (Å²) < 4.78 is 0.811. The molecule has 0 aliphatic carbocycles. The van der Waals surface area contributed by atoms with Gasteiger partial charge in [0.15, 0.2) is 5.82 Å². The lowest BCUT2D eigenvalue weighted by molar-refractivity contribution is 0.0686. The minimum Gasteiger partial charge on any atom is -0.382 e. The van der Waals surface area contributed by atoms with Gasteiger partial charge in [-0.1, -0.05) is 0 Å². The van der Waals surface area contributed by atoms with Gasteiger partial charge in [0.05, 0.1) is 4.47 Å². The highest BCUT2D eigenvalue weighted by atomic mass is 79.9. The van der Waals surface area contributed by atoms with Crippen LogP contribution in [0.2, 0.25) is 0 Å². The van der Waals surface area contributed by atoms with E-state index < -0.39 is 5.60 Å². The van der Waals surface area contributed by atoms with Crippen LogP contribution in [0, 0.1) is 0 Å². The molecule has 1 aromatic rings. The van der Waals surface area contributed by atoms with Crippen molar-refractivity contribution in [3.8, 4) is 0 Å². The maximum Gasteiger partial charge on any atom is 0.159 e. The van der Waals surface area contributed by atoms with Crippen LogP contribution in [-0.4, -0.2) is 15.1 Å². The number of hydrogen-bond donors (Lipinski definition) is 1. The third kappa shape index (κ3) is 2.24. The van der Waals surface area contributed by atoms with Gasteiger partial charge in [0.1, 0.15) is 5.60 Å². The third-order valence-electron chi connectivity index (χ3n) is 1.17. The van der Waals surface area contributed by atoms with E-state index in [1.54, 1.807) is 26.2 Å². The SMILES string of the molecule is CC(C)(O)c1ncc(Br)cn1. The largest absolute Gasteiger partial charge is 0.382 e. The number of aromatic nitrogens is 2. The Morgan fingerprint density at radius 3 is 2.18 bits per heavy atom. The van der Waals surface area contributed by atoms with Crippen LogP contribution in [0.3, 0.4) is 0 Å². The summed E-state index contributed by atoms with van der Waals surface area (Å²) in [6.45, 7) is 3.30. The lowest BCUT2D eigenvalue weighted by Crippen LogP contribution is -2.19. The summed E-state index contributed by atoms with van der Waals surface area (Å²) in [6.07, 6.45) is 3.22. The first-order valence-electron chi connectivity index (χ1n) is 3.20. The van der Waals surface area contributed by atoms with Crippen molar-refractivity contribution in [2.45, 2.75) is 19.4 Å². The van der Waals surface area contributed by atoms with E-state index in [1.165, 1.54) is 0 Å². The molecule has 11 heavy (non-hydrogen) atoms. The molecule has 0 aromatic carbocycles. The normalized spacial score (nSPS) is 11.6. The molecule has 0 unspecified atom stereocenters.